The van der Waals surface area contributed by atoms with Crippen LogP contribution >= 0.6 is 0 Å². The molecule has 24 heavy (non-hydrogen) atoms. The molecule has 4 nitrogen and oxygen atoms in total. The SMILES string of the molecule is C=CC.COC1CCCCC1.COCCO.N#Cc1ccccc1. The fraction of sp³-hybridized carbons (Fsp3) is 0.550. The Morgan fingerprint density at radius 1 is 1.21 bits per heavy atom. The van der Waals surface area contributed by atoms with Crippen LogP contribution in [-0.4, -0.2) is 38.6 Å². The monoisotopic (exact) mass is 335 g/mol. The minimum absolute atomic E-state index is 0.122. The first kappa shape index (κ1) is 24.6. The first-order chi connectivity index (χ1) is 11.7. The normalized spacial score (nSPS) is 12.8. The molecule has 0 radical (unpaired) electrons. The third-order valence-corrected chi connectivity index (χ3v) is 3.08. The van der Waals surface area contributed by atoms with Gasteiger partial charge in [0.15, 0.2) is 0 Å². The molecule has 1 aliphatic carbocycles. The Balaban J connectivity index is 0. The number of nitrogens with zero attached hydrogens (tertiary/aromatic N) is 1. The molecule has 136 valence electrons. The summed E-state index contributed by atoms with van der Waals surface area (Å²) in [4.78, 5) is 0. The van der Waals surface area contributed by atoms with Gasteiger partial charge in [-0.1, -0.05) is 43.5 Å². The van der Waals surface area contributed by atoms with E-state index in [0.717, 1.165) is 0 Å². The van der Waals surface area contributed by atoms with Crippen molar-refractivity contribution in [3.8, 4) is 6.07 Å². The van der Waals surface area contributed by atoms with Crippen LogP contribution in [0.5, 0.6) is 0 Å². The van der Waals surface area contributed by atoms with E-state index in [1.807, 2.05) is 38.3 Å². The zero-order valence-electron chi connectivity index (χ0n) is 15.4. The van der Waals surface area contributed by atoms with Crippen molar-refractivity contribution in [2.45, 2.75) is 45.1 Å². The van der Waals surface area contributed by atoms with E-state index in [4.69, 9.17) is 15.1 Å². The summed E-state index contributed by atoms with van der Waals surface area (Å²) in [6.07, 6.45) is 9.08. The summed E-state index contributed by atoms with van der Waals surface area (Å²) in [6, 6.07) is 11.2. The summed E-state index contributed by atoms with van der Waals surface area (Å²) < 4.78 is 9.63. The molecule has 1 aliphatic rings. The van der Waals surface area contributed by atoms with Crippen molar-refractivity contribution in [2.75, 3.05) is 27.4 Å². The van der Waals surface area contributed by atoms with Gasteiger partial charge in [-0.15, -0.1) is 6.58 Å². The fourth-order valence-corrected chi connectivity index (χ4v) is 1.90. The summed E-state index contributed by atoms with van der Waals surface area (Å²) in [5, 5.41) is 16.2. The molecule has 0 amide bonds. The zero-order chi connectivity index (χ0) is 18.5. The van der Waals surface area contributed by atoms with Gasteiger partial charge in [-0.2, -0.15) is 5.26 Å². The van der Waals surface area contributed by atoms with Crippen molar-refractivity contribution in [1.82, 2.24) is 0 Å². The molecular formula is C20H33NO3. The van der Waals surface area contributed by atoms with E-state index in [0.29, 0.717) is 18.3 Å². The second-order valence-corrected chi connectivity index (χ2v) is 5.10. The van der Waals surface area contributed by atoms with E-state index in [9.17, 15) is 0 Å². The maximum absolute atomic E-state index is 8.29. The molecule has 2 rings (SSSR count). The van der Waals surface area contributed by atoms with Gasteiger partial charge in [-0.3, -0.25) is 0 Å². The predicted octanol–water partition coefficient (Wildman–Crippen LogP) is 4.34. The number of benzene rings is 1. The van der Waals surface area contributed by atoms with Crippen LogP contribution < -0.4 is 0 Å². The van der Waals surface area contributed by atoms with Crippen molar-refractivity contribution in [3.63, 3.8) is 0 Å². The average Bonchev–Trinajstić information content (AvgIpc) is 2.65. The fourth-order valence-electron chi connectivity index (χ4n) is 1.90. The van der Waals surface area contributed by atoms with E-state index in [1.165, 1.54) is 32.1 Å². The Bertz CT molecular complexity index is 393. The van der Waals surface area contributed by atoms with Gasteiger partial charge in [-0.25, -0.2) is 0 Å². The molecule has 1 aromatic carbocycles. The van der Waals surface area contributed by atoms with Gasteiger partial charge in [-0.05, 0) is 31.9 Å². The molecule has 4 heteroatoms. The molecule has 0 atom stereocenters. The number of nitriles is 1. The highest BCUT2D eigenvalue weighted by Gasteiger charge is 2.10. The predicted molar refractivity (Wildman–Crippen MR) is 99.9 cm³/mol. The number of aliphatic hydroxyl groups excluding tert-OH is 1. The van der Waals surface area contributed by atoms with E-state index in [1.54, 1.807) is 25.3 Å². The lowest BCUT2D eigenvalue weighted by Crippen LogP contribution is -2.13. The largest absolute Gasteiger partial charge is 0.394 e. The number of ether oxygens (including phenoxy) is 2. The van der Waals surface area contributed by atoms with E-state index in [2.05, 4.69) is 11.3 Å². The Labute approximate surface area is 147 Å². The minimum atomic E-state index is 0.122. The van der Waals surface area contributed by atoms with Crippen molar-refractivity contribution in [1.29, 1.82) is 5.26 Å². The third-order valence-electron chi connectivity index (χ3n) is 3.08. The lowest BCUT2D eigenvalue weighted by molar-refractivity contribution is 0.0710. The smallest absolute Gasteiger partial charge is 0.0991 e. The molecule has 0 aromatic heterocycles. The number of hydrogen-bond donors (Lipinski definition) is 1. The maximum atomic E-state index is 8.29. The Hall–Kier alpha value is -1.67. The van der Waals surface area contributed by atoms with E-state index in [-0.39, 0.29) is 6.61 Å². The van der Waals surface area contributed by atoms with Crippen molar-refractivity contribution >= 4 is 0 Å². The minimum Gasteiger partial charge on any atom is -0.394 e. The lowest BCUT2D eigenvalue weighted by Gasteiger charge is -2.19. The number of aliphatic hydroxyl groups is 1. The molecule has 1 saturated carbocycles. The van der Waals surface area contributed by atoms with Crippen LogP contribution in [0.3, 0.4) is 0 Å². The third kappa shape index (κ3) is 18.4. The van der Waals surface area contributed by atoms with Crippen molar-refractivity contribution in [3.05, 3.63) is 48.6 Å². The first-order valence-corrected chi connectivity index (χ1v) is 8.34. The van der Waals surface area contributed by atoms with Gasteiger partial charge >= 0.3 is 0 Å². The van der Waals surface area contributed by atoms with Gasteiger partial charge < -0.3 is 14.6 Å². The molecule has 1 fully saturated rings. The second kappa shape index (κ2) is 21.3. The van der Waals surface area contributed by atoms with Crippen LogP contribution in [0.1, 0.15) is 44.6 Å². The molecule has 0 unspecified atom stereocenters. The van der Waals surface area contributed by atoms with Crippen molar-refractivity contribution < 1.29 is 14.6 Å². The van der Waals surface area contributed by atoms with Gasteiger partial charge in [0.2, 0.25) is 0 Å². The highest BCUT2D eigenvalue weighted by Crippen LogP contribution is 2.18. The maximum Gasteiger partial charge on any atom is 0.0991 e. The number of allylic oxidation sites excluding steroid dienone is 1. The Kier molecular flexibility index (Phi) is 21.8. The summed E-state index contributed by atoms with van der Waals surface area (Å²) in [7, 11) is 3.37. The summed E-state index contributed by atoms with van der Waals surface area (Å²) in [6.45, 7) is 5.82. The molecular weight excluding hydrogens is 302 g/mol. The molecule has 1 N–H and O–H groups in total. The molecule has 0 saturated heterocycles. The number of hydrogen-bond acceptors (Lipinski definition) is 4. The van der Waals surface area contributed by atoms with Gasteiger partial charge in [0.1, 0.15) is 0 Å². The van der Waals surface area contributed by atoms with Crippen LogP contribution in [0.2, 0.25) is 0 Å². The van der Waals surface area contributed by atoms with Gasteiger partial charge in [0, 0.05) is 14.2 Å². The summed E-state index contributed by atoms with van der Waals surface area (Å²) in [5.41, 5.74) is 0.715. The van der Waals surface area contributed by atoms with Crippen LogP contribution in [0.15, 0.2) is 43.0 Å². The molecule has 1 aromatic rings. The second-order valence-electron chi connectivity index (χ2n) is 5.10. The van der Waals surface area contributed by atoms with Crippen LogP contribution in [0, 0.1) is 11.3 Å². The van der Waals surface area contributed by atoms with E-state index < -0.39 is 0 Å². The molecule has 0 spiro atoms. The average molecular weight is 335 g/mol. The summed E-state index contributed by atoms with van der Waals surface area (Å²) >= 11 is 0. The molecule has 0 heterocycles. The van der Waals surface area contributed by atoms with Gasteiger partial charge in [0.25, 0.3) is 0 Å². The topological polar surface area (TPSA) is 62.5 Å². The lowest BCUT2D eigenvalue weighted by atomic mass is 9.98. The van der Waals surface area contributed by atoms with Crippen LogP contribution in [0.25, 0.3) is 0 Å². The zero-order valence-corrected chi connectivity index (χ0v) is 15.4. The first-order valence-electron chi connectivity index (χ1n) is 8.34. The Morgan fingerprint density at radius 2 is 1.75 bits per heavy atom. The van der Waals surface area contributed by atoms with Crippen LogP contribution in [-0.2, 0) is 9.47 Å². The highest BCUT2D eigenvalue weighted by atomic mass is 16.5. The standard InChI is InChI=1S/C7H5N.C7H14O.C3H8O2.C3H6/c8-6-7-4-2-1-3-5-7;1-8-7-5-3-2-4-6-7;1-5-3-2-4;1-3-2/h1-5H;7H,2-6H2,1H3;4H,2-3H2,1H3;3H,1H2,2H3. The summed E-state index contributed by atoms with van der Waals surface area (Å²) in [5.74, 6) is 0. The Morgan fingerprint density at radius 3 is 2.00 bits per heavy atom. The van der Waals surface area contributed by atoms with E-state index >= 15 is 0 Å². The van der Waals surface area contributed by atoms with Crippen molar-refractivity contribution in [2.24, 2.45) is 0 Å². The number of methoxy groups -OCH3 is 2. The quantitative estimate of drug-likeness (QED) is 0.835. The van der Waals surface area contributed by atoms with Gasteiger partial charge in [0.05, 0.1) is 31.0 Å². The van der Waals surface area contributed by atoms with Crippen LogP contribution in [0.4, 0.5) is 0 Å². The molecule has 0 aliphatic heterocycles. The molecule has 0 bridgehead atoms. The highest BCUT2D eigenvalue weighted by molar-refractivity contribution is 5.27. The number of rotatable bonds is 3.